The molecule has 16 heteroatoms. The minimum Gasteiger partial charge on any atom is -0.872 e. The third-order valence-corrected chi connectivity index (χ3v) is 6.49. The van der Waals surface area contributed by atoms with Crippen LogP contribution >= 0.6 is 0 Å². The van der Waals surface area contributed by atoms with Gasteiger partial charge in [0.25, 0.3) is 20.2 Å². The molecule has 0 fully saturated rings. The van der Waals surface area contributed by atoms with Crippen molar-refractivity contribution in [3.05, 3.63) is 72.8 Å². The van der Waals surface area contributed by atoms with E-state index in [1.54, 1.807) is 24.3 Å². The molecule has 0 spiro atoms. The summed E-state index contributed by atoms with van der Waals surface area (Å²) >= 11 is 0. The van der Waals surface area contributed by atoms with Gasteiger partial charge in [0.15, 0.2) is 0 Å². The van der Waals surface area contributed by atoms with E-state index >= 15 is 0 Å². The van der Waals surface area contributed by atoms with Gasteiger partial charge in [0.2, 0.25) is 0 Å². The zero-order valence-electron chi connectivity index (χ0n) is 19.9. The summed E-state index contributed by atoms with van der Waals surface area (Å²) in [5, 5.41) is 39.8. The molecule has 0 saturated heterocycles. The maximum atomic E-state index is 12.9. The molecule has 0 radical (unpaired) electrons. The predicted molar refractivity (Wildman–Crippen MR) is 124 cm³/mol. The Balaban J connectivity index is 0.00000253. The van der Waals surface area contributed by atoms with Gasteiger partial charge in [0.05, 0.1) is 27.6 Å². The molecular weight excluding hydrogens is 558 g/mol. The molecule has 0 saturated carbocycles. The maximum absolute atomic E-state index is 12.9. The molecule has 4 rings (SSSR count). The molecule has 4 aromatic rings. The molecule has 0 unspecified atom stereocenters. The van der Waals surface area contributed by atoms with Crippen molar-refractivity contribution in [1.82, 2.24) is 0 Å². The van der Waals surface area contributed by atoms with Gasteiger partial charge >= 0.3 is 59.1 Å². The van der Waals surface area contributed by atoms with Crippen molar-refractivity contribution in [1.29, 1.82) is 0 Å². The summed E-state index contributed by atoms with van der Waals surface area (Å²) in [5.41, 5.74) is 0.435. The van der Waals surface area contributed by atoms with Gasteiger partial charge in [0, 0.05) is 0 Å². The van der Waals surface area contributed by atoms with E-state index in [-0.39, 0.29) is 64.8 Å². The number of nitrogens with zero attached hydrogens (tertiary/aromatic N) is 4. The van der Waals surface area contributed by atoms with Crippen molar-refractivity contribution in [3.63, 3.8) is 0 Å². The van der Waals surface area contributed by atoms with E-state index in [4.69, 9.17) is 0 Å². The monoisotopic (exact) mass is 572 g/mol. The van der Waals surface area contributed by atoms with Crippen LogP contribution in [0.15, 0.2) is 103 Å². The Hall–Kier alpha value is -2.24. The Labute approximate surface area is 261 Å². The van der Waals surface area contributed by atoms with Gasteiger partial charge in [-0.1, -0.05) is 23.9 Å². The number of fused-ring (bicyclic) bond motifs is 1. The second-order valence-electron chi connectivity index (χ2n) is 7.27. The first-order chi connectivity index (χ1) is 16.9. The zero-order valence-corrected chi connectivity index (χ0v) is 25.5. The second-order valence-corrected chi connectivity index (χ2v) is 10.1. The molecule has 2 N–H and O–H groups in total. The van der Waals surface area contributed by atoms with Crippen LogP contribution in [0.4, 0.5) is 22.7 Å². The second kappa shape index (κ2) is 12.7. The fraction of sp³-hybridized carbons (Fsp3) is 0. The summed E-state index contributed by atoms with van der Waals surface area (Å²) in [7, 11) is -9.88. The van der Waals surface area contributed by atoms with Crippen molar-refractivity contribution in [3.8, 4) is 11.5 Å². The van der Waals surface area contributed by atoms with Gasteiger partial charge in [-0.15, -0.1) is 10.9 Å². The van der Waals surface area contributed by atoms with Crippen LogP contribution in [-0.2, 0) is 20.2 Å². The SMILES string of the molecule is O=S(=O)(O)c1cc([O-])c2c([O-])c(N=Nc3ccc(N=Nc4ccccc4)cc3)c(S(=O)(=O)O)cc2c1.[Na+].[Na+]. The molecule has 0 amide bonds. The minimum absolute atomic E-state index is 0. The van der Waals surface area contributed by atoms with Crippen molar-refractivity contribution in [2.45, 2.75) is 9.79 Å². The van der Waals surface area contributed by atoms with E-state index in [1.807, 2.05) is 6.07 Å². The summed E-state index contributed by atoms with van der Waals surface area (Å²) < 4.78 is 65.4. The largest absolute Gasteiger partial charge is 1.00 e. The molecular formula is C22H14N4Na2O8S2. The van der Waals surface area contributed by atoms with Gasteiger partial charge in [-0.25, -0.2) is 0 Å². The first-order valence-corrected chi connectivity index (χ1v) is 12.7. The smallest absolute Gasteiger partial charge is 0.872 e. The van der Waals surface area contributed by atoms with Crippen molar-refractivity contribution in [2.75, 3.05) is 0 Å². The molecule has 0 heterocycles. The first kappa shape index (κ1) is 32.0. The van der Waals surface area contributed by atoms with Crippen LogP contribution in [0.25, 0.3) is 10.8 Å². The fourth-order valence-electron chi connectivity index (χ4n) is 3.15. The quantitative estimate of drug-likeness (QED) is 0.155. The van der Waals surface area contributed by atoms with Crippen LogP contribution < -0.4 is 69.3 Å². The Morgan fingerprint density at radius 2 is 1.13 bits per heavy atom. The Kier molecular flexibility index (Phi) is 10.7. The van der Waals surface area contributed by atoms with Crippen LogP contribution in [0.5, 0.6) is 11.5 Å². The van der Waals surface area contributed by atoms with Crippen LogP contribution in [0.3, 0.4) is 0 Å². The van der Waals surface area contributed by atoms with E-state index in [2.05, 4.69) is 20.5 Å². The molecule has 12 nitrogen and oxygen atoms in total. The van der Waals surface area contributed by atoms with E-state index < -0.39 is 58.0 Å². The topological polar surface area (TPSA) is 204 Å². The molecule has 38 heavy (non-hydrogen) atoms. The van der Waals surface area contributed by atoms with Crippen molar-refractivity contribution >= 4 is 53.8 Å². The van der Waals surface area contributed by atoms with Crippen molar-refractivity contribution in [2.24, 2.45) is 20.5 Å². The Morgan fingerprint density at radius 1 is 0.632 bits per heavy atom. The van der Waals surface area contributed by atoms with E-state index in [0.29, 0.717) is 23.5 Å². The van der Waals surface area contributed by atoms with Gasteiger partial charge in [0.1, 0.15) is 4.90 Å². The first-order valence-electron chi connectivity index (χ1n) is 9.86. The molecule has 0 atom stereocenters. The Morgan fingerprint density at radius 3 is 1.63 bits per heavy atom. The van der Waals surface area contributed by atoms with Gasteiger partial charge < -0.3 is 10.2 Å². The number of hydrogen-bond acceptors (Lipinski definition) is 10. The van der Waals surface area contributed by atoms with E-state index in [9.17, 15) is 36.2 Å². The fourth-order valence-corrected chi connectivity index (χ4v) is 4.34. The van der Waals surface area contributed by atoms with Crippen molar-refractivity contribution < 1.29 is 95.3 Å². The Bertz CT molecular complexity index is 1750. The third-order valence-electron chi connectivity index (χ3n) is 4.80. The molecule has 184 valence electrons. The summed E-state index contributed by atoms with van der Waals surface area (Å²) in [6.07, 6.45) is 0. The normalized spacial score (nSPS) is 11.9. The van der Waals surface area contributed by atoms with Crippen LogP contribution in [-0.4, -0.2) is 25.9 Å². The molecule has 0 bridgehead atoms. The van der Waals surface area contributed by atoms with Crippen LogP contribution in [0, 0.1) is 0 Å². The van der Waals surface area contributed by atoms with Crippen LogP contribution in [0.1, 0.15) is 0 Å². The van der Waals surface area contributed by atoms with Gasteiger partial charge in [-0.05, 0) is 65.4 Å². The molecule has 0 aromatic heterocycles. The average Bonchev–Trinajstić information content (AvgIpc) is 2.82. The maximum Gasteiger partial charge on any atom is 1.00 e. The van der Waals surface area contributed by atoms with Gasteiger partial charge in [-0.3, -0.25) is 9.11 Å². The van der Waals surface area contributed by atoms with E-state index in [0.717, 1.165) is 6.07 Å². The molecule has 0 aliphatic rings. The minimum atomic E-state index is -5.05. The number of hydrogen-bond donors (Lipinski definition) is 2. The summed E-state index contributed by atoms with van der Waals surface area (Å²) in [6.45, 7) is 0. The number of azo groups is 2. The van der Waals surface area contributed by atoms with E-state index in [1.165, 1.54) is 24.3 Å². The third kappa shape index (κ3) is 7.45. The summed E-state index contributed by atoms with van der Waals surface area (Å²) in [6, 6.07) is 16.9. The number of benzene rings is 4. The molecule has 0 aliphatic heterocycles. The molecule has 4 aromatic carbocycles. The van der Waals surface area contributed by atoms with Crippen LogP contribution in [0.2, 0.25) is 0 Å². The molecule has 0 aliphatic carbocycles. The number of rotatable bonds is 6. The standard InChI is InChI=1S/C22H16N4O8S2.2Na/c27-18-12-17(35(29,30)31)10-13-11-19(36(32,33)34)21(22(28)20(13)18)26-25-16-8-6-15(7-9-16)24-23-14-4-2-1-3-5-14;;/h1-12,27-28H,(H,29,30,31)(H,32,33,34);;/q;2*+1/p-2. The average molecular weight is 572 g/mol. The summed E-state index contributed by atoms with van der Waals surface area (Å²) in [5.74, 6) is -2.30. The zero-order chi connectivity index (χ0) is 26.1. The summed E-state index contributed by atoms with van der Waals surface area (Å²) in [4.78, 5) is -1.84. The van der Waals surface area contributed by atoms with Gasteiger partial charge in [-0.2, -0.15) is 32.2 Å². The predicted octanol–water partition coefficient (Wildman–Crippen LogP) is -1.68.